The van der Waals surface area contributed by atoms with Crippen molar-refractivity contribution in [1.82, 2.24) is 0 Å². The molecule has 0 aliphatic carbocycles. The molecule has 0 aromatic rings. The van der Waals surface area contributed by atoms with Crippen molar-refractivity contribution >= 4 is 0 Å². The minimum Gasteiger partial charge on any atom is -0.356 e. The van der Waals surface area contributed by atoms with E-state index in [-0.39, 0.29) is 6.29 Å². The summed E-state index contributed by atoms with van der Waals surface area (Å²) in [5, 5.41) is 0. The summed E-state index contributed by atoms with van der Waals surface area (Å²) in [7, 11) is 3.19. The molecule has 0 rings (SSSR count). The van der Waals surface area contributed by atoms with E-state index in [1.807, 2.05) is 0 Å². The van der Waals surface area contributed by atoms with Crippen molar-refractivity contribution in [2.45, 2.75) is 12.7 Å². The Morgan fingerprint density at radius 3 is 1.86 bits per heavy atom. The molecule has 0 bridgehead atoms. The molecule has 0 aromatic carbocycles. The lowest BCUT2D eigenvalue weighted by Crippen LogP contribution is -2.10. The Labute approximate surface area is 44.4 Å². The van der Waals surface area contributed by atoms with Crippen LogP contribution in [0.5, 0.6) is 0 Å². The van der Waals surface area contributed by atoms with Gasteiger partial charge in [-0.2, -0.15) is 0 Å². The van der Waals surface area contributed by atoms with Gasteiger partial charge in [0.25, 0.3) is 0 Å². The lowest BCUT2D eigenvalue weighted by molar-refractivity contribution is -0.0990. The molecular weight excluding hydrogens is 92.1 g/mol. The Hall–Kier alpha value is -0.0800. The number of hydrogen-bond acceptors (Lipinski definition) is 2. The molecule has 0 saturated carbocycles. The van der Waals surface area contributed by atoms with Gasteiger partial charge >= 0.3 is 0 Å². The van der Waals surface area contributed by atoms with E-state index < -0.39 is 0 Å². The molecule has 2 heteroatoms. The summed E-state index contributed by atoms with van der Waals surface area (Å²) in [4.78, 5) is 0. The van der Waals surface area contributed by atoms with Crippen molar-refractivity contribution in [3.05, 3.63) is 6.92 Å². The molecule has 2 nitrogen and oxygen atoms in total. The molecule has 0 amide bonds. The fourth-order valence-corrected chi connectivity index (χ4v) is 0.332. The average molecular weight is 103 g/mol. The predicted octanol–water partition coefficient (Wildman–Crippen LogP) is 0.829. The first-order chi connectivity index (χ1) is 3.35. The van der Waals surface area contributed by atoms with Gasteiger partial charge in [0.05, 0.1) is 0 Å². The maximum absolute atomic E-state index is 4.76. The van der Waals surface area contributed by atoms with Crippen LogP contribution in [0.15, 0.2) is 0 Å². The highest BCUT2D eigenvalue weighted by atomic mass is 16.7. The zero-order valence-electron chi connectivity index (χ0n) is 4.81. The Morgan fingerprint density at radius 2 is 1.86 bits per heavy atom. The molecule has 0 saturated heterocycles. The zero-order chi connectivity index (χ0) is 5.70. The van der Waals surface area contributed by atoms with Crippen molar-refractivity contribution in [2.24, 2.45) is 0 Å². The fraction of sp³-hybridized carbons (Fsp3) is 0.800. The molecule has 0 atom stereocenters. The smallest absolute Gasteiger partial charge is 0.156 e. The molecule has 1 radical (unpaired) electrons. The minimum absolute atomic E-state index is 0.125. The van der Waals surface area contributed by atoms with Crippen molar-refractivity contribution in [3.8, 4) is 0 Å². The van der Waals surface area contributed by atoms with Gasteiger partial charge in [0, 0.05) is 14.2 Å². The number of methoxy groups -OCH3 is 2. The van der Waals surface area contributed by atoms with E-state index in [4.69, 9.17) is 9.47 Å². The second kappa shape index (κ2) is 4.09. The van der Waals surface area contributed by atoms with Crippen LogP contribution >= 0.6 is 0 Å². The summed E-state index contributed by atoms with van der Waals surface area (Å²) >= 11 is 0. The summed E-state index contributed by atoms with van der Waals surface area (Å²) in [5.74, 6) is 0. The van der Waals surface area contributed by atoms with Gasteiger partial charge in [-0.05, 0) is 13.3 Å². The Morgan fingerprint density at radius 1 is 1.43 bits per heavy atom. The van der Waals surface area contributed by atoms with E-state index in [2.05, 4.69) is 6.92 Å². The predicted molar refractivity (Wildman–Crippen MR) is 27.8 cm³/mol. The first-order valence-corrected chi connectivity index (χ1v) is 2.20. The van der Waals surface area contributed by atoms with Crippen LogP contribution in [0.2, 0.25) is 0 Å². The number of ether oxygens (including phenoxy) is 2. The van der Waals surface area contributed by atoms with Crippen LogP contribution in [0, 0.1) is 6.92 Å². The van der Waals surface area contributed by atoms with Crippen LogP contribution in [0.1, 0.15) is 6.42 Å². The van der Waals surface area contributed by atoms with E-state index in [1.54, 1.807) is 14.2 Å². The van der Waals surface area contributed by atoms with Crippen LogP contribution in [-0.2, 0) is 9.47 Å². The van der Waals surface area contributed by atoms with Gasteiger partial charge in [-0.25, -0.2) is 0 Å². The number of rotatable bonds is 3. The van der Waals surface area contributed by atoms with Crippen molar-refractivity contribution < 1.29 is 9.47 Å². The van der Waals surface area contributed by atoms with Gasteiger partial charge < -0.3 is 9.47 Å². The quantitative estimate of drug-likeness (QED) is 0.492. The van der Waals surface area contributed by atoms with Gasteiger partial charge in [-0.3, -0.25) is 0 Å². The van der Waals surface area contributed by atoms with E-state index in [9.17, 15) is 0 Å². The topological polar surface area (TPSA) is 18.5 Å². The fourth-order valence-electron chi connectivity index (χ4n) is 0.332. The second-order valence-electron chi connectivity index (χ2n) is 1.19. The summed E-state index contributed by atoms with van der Waals surface area (Å²) in [5.41, 5.74) is 0. The molecule has 0 fully saturated rings. The van der Waals surface area contributed by atoms with Crippen molar-refractivity contribution in [1.29, 1.82) is 0 Å². The van der Waals surface area contributed by atoms with E-state index in [0.29, 0.717) is 6.42 Å². The largest absolute Gasteiger partial charge is 0.356 e. The van der Waals surface area contributed by atoms with Gasteiger partial charge in [-0.15, -0.1) is 0 Å². The third-order valence-electron chi connectivity index (χ3n) is 0.761. The minimum atomic E-state index is -0.125. The Kier molecular flexibility index (Phi) is 4.04. The highest BCUT2D eigenvalue weighted by Crippen LogP contribution is 1.92. The third-order valence-corrected chi connectivity index (χ3v) is 0.761. The molecule has 0 N–H and O–H groups in total. The summed E-state index contributed by atoms with van der Waals surface area (Å²) in [6, 6.07) is 0. The Bertz CT molecular complexity index is 27.6. The maximum Gasteiger partial charge on any atom is 0.156 e. The van der Waals surface area contributed by atoms with Crippen molar-refractivity contribution in [3.63, 3.8) is 0 Å². The molecule has 0 aliphatic rings. The monoisotopic (exact) mass is 103 g/mol. The molecule has 0 unspecified atom stereocenters. The van der Waals surface area contributed by atoms with E-state index >= 15 is 0 Å². The molecule has 0 aliphatic heterocycles. The van der Waals surface area contributed by atoms with Crippen LogP contribution in [0.3, 0.4) is 0 Å². The molecular formula is C5H11O2. The normalized spacial score (nSPS) is 10.3. The molecule has 43 valence electrons. The summed E-state index contributed by atoms with van der Waals surface area (Å²) in [6.07, 6.45) is 0.535. The third kappa shape index (κ3) is 2.60. The van der Waals surface area contributed by atoms with Gasteiger partial charge in [0.1, 0.15) is 0 Å². The zero-order valence-corrected chi connectivity index (χ0v) is 4.81. The van der Waals surface area contributed by atoms with Crippen LogP contribution < -0.4 is 0 Å². The van der Waals surface area contributed by atoms with E-state index in [0.717, 1.165) is 0 Å². The van der Waals surface area contributed by atoms with Crippen LogP contribution in [0.25, 0.3) is 0 Å². The summed E-state index contributed by atoms with van der Waals surface area (Å²) < 4.78 is 9.53. The SMILES string of the molecule is [CH2]CC(OC)OC. The highest BCUT2D eigenvalue weighted by molar-refractivity contribution is 4.42. The lowest BCUT2D eigenvalue weighted by atomic mass is 10.5. The maximum atomic E-state index is 4.76. The van der Waals surface area contributed by atoms with Crippen LogP contribution in [0.4, 0.5) is 0 Å². The lowest BCUT2D eigenvalue weighted by Gasteiger charge is -2.08. The molecule has 7 heavy (non-hydrogen) atoms. The summed E-state index contributed by atoms with van der Waals surface area (Å²) in [6.45, 7) is 3.58. The number of hydrogen-bond donors (Lipinski definition) is 0. The van der Waals surface area contributed by atoms with Gasteiger partial charge in [-0.1, -0.05) is 0 Å². The highest BCUT2D eigenvalue weighted by Gasteiger charge is 1.96. The average Bonchev–Trinajstić information content (AvgIpc) is 1.72. The first kappa shape index (κ1) is 6.92. The van der Waals surface area contributed by atoms with Gasteiger partial charge in [0.15, 0.2) is 6.29 Å². The standard InChI is InChI=1S/C5H11O2/c1-4-5(6-2)7-3/h5H,1,4H2,2-3H3. The van der Waals surface area contributed by atoms with E-state index in [1.165, 1.54) is 0 Å². The molecule has 0 aromatic heterocycles. The molecule has 0 heterocycles. The second-order valence-corrected chi connectivity index (χ2v) is 1.19. The van der Waals surface area contributed by atoms with Crippen LogP contribution in [-0.4, -0.2) is 20.5 Å². The van der Waals surface area contributed by atoms with Crippen molar-refractivity contribution in [2.75, 3.05) is 14.2 Å². The molecule has 0 spiro atoms. The Balaban J connectivity index is 2.99. The van der Waals surface area contributed by atoms with Gasteiger partial charge in [0.2, 0.25) is 0 Å². The first-order valence-electron chi connectivity index (χ1n) is 2.20.